The highest BCUT2D eigenvalue weighted by Crippen LogP contribution is 2.34. The zero-order chi connectivity index (χ0) is 34.5. The van der Waals surface area contributed by atoms with Gasteiger partial charge in [0.05, 0.1) is 54.5 Å². The summed E-state index contributed by atoms with van der Waals surface area (Å²) in [5.41, 5.74) is 7.33. The number of halogens is 2. The lowest BCUT2D eigenvalue weighted by Gasteiger charge is -2.29. The maximum Gasteiger partial charge on any atom is 0.181 e. The number of ketones is 1. The molecule has 0 spiro atoms. The van der Waals surface area contributed by atoms with Crippen molar-refractivity contribution in [3.63, 3.8) is 0 Å². The molecule has 10 nitrogen and oxygen atoms in total. The van der Waals surface area contributed by atoms with Crippen molar-refractivity contribution in [3.8, 4) is 22.8 Å². The van der Waals surface area contributed by atoms with Crippen LogP contribution < -0.4 is 9.80 Å². The average Bonchev–Trinajstić information content (AvgIpc) is 3.16. The third-order valence-electron chi connectivity index (χ3n) is 9.24. The largest absolute Gasteiger partial charge is 0.492 e. The van der Waals surface area contributed by atoms with Crippen LogP contribution in [0.1, 0.15) is 53.5 Å². The van der Waals surface area contributed by atoms with Crippen molar-refractivity contribution in [1.82, 2.24) is 19.9 Å². The SMILES string of the molecule is CCOC1=CCCc2cnc(-c3ccc(N4CCOCC4)c(Cl)c3)nc21.O=C1CCCc2cnc(-c3ccc(N4CCOCC4)c(Cl)c3)nc21. The van der Waals surface area contributed by atoms with Crippen LogP contribution in [0.4, 0.5) is 11.4 Å². The van der Waals surface area contributed by atoms with Gasteiger partial charge in [0.2, 0.25) is 0 Å². The van der Waals surface area contributed by atoms with Crippen LogP contribution in [-0.2, 0) is 27.1 Å². The minimum atomic E-state index is 0.107. The van der Waals surface area contributed by atoms with Crippen LogP contribution in [0.5, 0.6) is 0 Å². The van der Waals surface area contributed by atoms with E-state index in [9.17, 15) is 4.79 Å². The number of aromatic nitrogens is 4. The van der Waals surface area contributed by atoms with E-state index in [4.69, 9.17) is 42.4 Å². The number of rotatable bonds is 6. The second-order valence-electron chi connectivity index (χ2n) is 12.5. The fraction of sp³-hybridized carbons (Fsp3) is 0.395. The summed E-state index contributed by atoms with van der Waals surface area (Å²) in [5.74, 6) is 2.19. The first kappa shape index (κ1) is 34.4. The molecule has 4 aliphatic rings. The van der Waals surface area contributed by atoms with E-state index in [0.29, 0.717) is 53.6 Å². The maximum absolute atomic E-state index is 12.1. The van der Waals surface area contributed by atoms with E-state index in [0.717, 1.165) is 110 Å². The van der Waals surface area contributed by atoms with Gasteiger partial charge in [0.1, 0.15) is 17.1 Å². The van der Waals surface area contributed by atoms with E-state index in [2.05, 4.69) is 30.8 Å². The first-order valence-corrected chi connectivity index (χ1v) is 18.1. The Bertz CT molecular complexity index is 1890. The van der Waals surface area contributed by atoms with Crippen LogP contribution in [0.15, 0.2) is 54.9 Å². The van der Waals surface area contributed by atoms with Gasteiger partial charge < -0.3 is 24.0 Å². The number of anilines is 2. The van der Waals surface area contributed by atoms with Crippen molar-refractivity contribution in [2.24, 2.45) is 0 Å². The Labute approximate surface area is 302 Å². The zero-order valence-electron chi connectivity index (χ0n) is 28.2. The van der Waals surface area contributed by atoms with Crippen molar-refractivity contribution in [1.29, 1.82) is 0 Å². The fourth-order valence-electron chi connectivity index (χ4n) is 6.62. The predicted octanol–water partition coefficient (Wildman–Crippen LogP) is 7.11. The Morgan fingerprint density at radius 3 is 1.82 bits per heavy atom. The highest BCUT2D eigenvalue weighted by Gasteiger charge is 2.22. The normalized spacial score (nSPS) is 17.3. The maximum atomic E-state index is 12.1. The van der Waals surface area contributed by atoms with Gasteiger partial charge in [-0.3, -0.25) is 4.79 Å². The second-order valence-corrected chi connectivity index (χ2v) is 13.3. The summed E-state index contributed by atoms with van der Waals surface area (Å²) in [7, 11) is 0. The standard InChI is InChI=1S/C20H22ClN3O2.C18H18ClN3O2/c1-2-26-18-5-3-4-15-13-22-20(23-19(15)18)14-6-7-17(16(21)12-14)24-8-10-25-11-9-24;19-14-10-12(4-5-15(14)22-6-8-24-9-7-22)18-20-11-13-2-1-3-16(23)17(13)21-18/h5-7,12-13H,2-4,8-11H2,1H3;4-5,10-11H,1-3,6-9H2. The molecule has 0 unspecified atom stereocenters. The lowest BCUT2D eigenvalue weighted by Crippen LogP contribution is -2.36. The van der Waals surface area contributed by atoms with E-state index in [-0.39, 0.29) is 5.78 Å². The van der Waals surface area contributed by atoms with Gasteiger partial charge in [-0.25, -0.2) is 19.9 Å². The molecule has 0 saturated carbocycles. The third-order valence-corrected chi connectivity index (χ3v) is 9.84. The van der Waals surface area contributed by atoms with Crippen molar-refractivity contribution in [3.05, 3.63) is 87.4 Å². The second kappa shape index (κ2) is 15.9. The molecule has 0 bridgehead atoms. The first-order valence-electron chi connectivity index (χ1n) is 17.3. The van der Waals surface area contributed by atoms with Crippen molar-refractivity contribution < 1.29 is 19.0 Å². The number of carbonyl (C=O) groups is 1. The molecule has 12 heteroatoms. The first-order chi connectivity index (χ1) is 24.5. The minimum Gasteiger partial charge on any atom is -0.492 e. The highest BCUT2D eigenvalue weighted by molar-refractivity contribution is 6.34. The van der Waals surface area contributed by atoms with E-state index in [1.807, 2.05) is 49.5 Å². The smallest absolute Gasteiger partial charge is 0.181 e. The molecule has 2 fully saturated rings. The van der Waals surface area contributed by atoms with Crippen LogP contribution in [0.3, 0.4) is 0 Å². The Hall–Kier alpha value is -4.09. The summed E-state index contributed by atoms with van der Waals surface area (Å²) in [6.07, 6.45) is 10.0. The molecule has 4 aromatic rings. The molecule has 2 saturated heterocycles. The van der Waals surface area contributed by atoms with Crippen LogP contribution in [0.2, 0.25) is 10.0 Å². The number of benzene rings is 2. The summed E-state index contributed by atoms with van der Waals surface area (Å²) in [5, 5.41) is 1.38. The number of fused-ring (bicyclic) bond motifs is 2. The van der Waals surface area contributed by atoms with Gasteiger partial charge in [0, 0.05) is 61.7 Å². The monoisotopic (exact) mass is 714 g/mol. The van der Waals surface area contributed by atoms with Crippen molar-refractivity contribution in [2.75, 3.05) is 69.0 Å². The molecule has 4 heterocycles. The van der Waals surface area contributed by atoms with Crippen LogP contribution in [-0.4, -0.2) is 84.9 Å². The number of ether oxygens (including phenoxy) is 3. The molecule has 2 aromatic heterocycles. The molecular weight excluding hydrogens is 675 g/mol. The van der Waals surface area contributed by atoms with E-state index >= 15 is 0 Å². The quantitative estimate of drug-likeness (QED) is 0.205. The molecule has 0 radical (unpaired) electrons. The van der Waals surface area contributed by atoms with Gasteiger partial charge in [0.25, 0.3) is 0 Å². The summed E-state index contributed by atoms with van der Waals surface area (Å²) in [4.78, 5) is 34.8. The van der Waals surface area contributed by atoms with Crippen LogP contribution in [0, 0.1) is 0 Å². The summed E-state index contributed by atoms with van der Waals surface area (Å²) >= 11 is 13.0. The molecule has 0 N–H and O–H groups in total. The van der Waals surface area contributed by atoms with E-state index < -0.39 is 0 Å². The number of nitrogens with zero attached hydrogens (tertiary/aromatic N) is 6. The molecule has 0 atom stereocenters. The molecule has 2 aliphatic heterocycles. The average molecular weight is 716 g/mol. The van der Waals surface area contributed by atoms with Gasteiger partial charge >= 0.3 is 0 Å². The Morgan fingerprint density at radius 2 is 1.28 bits per heavy atom. The van der Waals surface area contributed by atoms with Gasteiger partial charge in [-0.1, -0.05) is 23.2 Å². The topological polar surface area (TPSA) is 103 Å². The number of allylic oxidation sites excluding steroid dienone is 1. The van der Waals surface area contributed by atoms with Gasteiger partial charge in [-0.15, -0.1) is 0 Å². The number of morpholine rings is 2. The van der Waals surface area contributed by atoms with E-state index in [1.54, 1.807) is 6.20 Å². The minimum absolute atomic E-state index is 0.107. The molecule has 8 rings (SSSR count). The Balaban J connectivity index is 0.000000157. The number of Topliss-reactive ketones (excluding diaryl/α,β-unsaturated/α-hetero) is 1. The molecule has 2 aliphatic carbocycles. The predicted molar refractivity (Wildman–Crippen MR) is 196 cm³/mol. The van der Waals surface area contributed by atoms with Gasteiger partial charge in [0.15, 0.2) is 17.4 Å². The molecule has 0 amide bonds. The highest BCUT2D eigenvalue weighted by atomic mass is 35.5. The van der Waals surface area contributed by atoms with Gasteiger partial charge in [-0.2, -0.15) is 0 Å². The van der Waals surface area contributed by atoms with E-state index in [1.165, 1.54) is 0 Å². The number of hydrogen-bond donors (Lipinski definition) is 0. The van der Waals surface area contributed by atoms with Crippen molar-refractivity contribution in [2.45, 2.75) is 39.0 Å². The molecule has 50 heavy (non-hydrogen) atoms. The van der Waals surface area contributed by atoms with Gasteiger partial charge in [-0.05, 0) is 80.6 Å². The number of aryl methyl sites for hydroxylation is 2. The summed E-state index contributed by atoms with van der Waals surface area (Å²) in [6, 6.07) is 11.9. The molecule has 260 valence electrons. The lowest BCUT2D eigenvalue weighted by atomic mass is 9.96. The molecule has 2 aromatic carbocycles. The van der Waals surface area contributed by atoms with Crippen LogP contribution >= 0.6 is 23.2 Å². The summed E-state index contributed by atoms with van der Waals surface area (Å²) in [6.45, 7) is 8.91. The van der Waals surface area contributed by atoms with Crippen LogP contribution in [0.25, 0.3) is 28.5 Å². The lowest BCUT2D eigenvalue weighted by molar-refractivity contribution is 0.0967. The Kier molecular flexibility index (Phi) is 10.9. The number of hydrogen-bond acceptors (Lipinski definition) is 10. The Morgan fingerprint density at radius 1 is 0.740 bits per heavy atom. The third kappa shape index (κ3) is 7.63. The number of carbonyl (C=O) groups excluding carboxylic acids is 1. The fourth-order valence-corrected chi connectivity index (χ4v) is 7.22. The molecular formula is C38H40Cl2N6O4. The summed E-state index contributed by atoms with van der Waals surface area (Å²) < 4.78 is 16.5. The zero-order valence-corrected chi connectivity index (χ0v) is 29.7. The van der Waals surface area contributed by atoms with Crippen molar-refractivity contribution >= 4 is 46.1 Å².